The third kappa shape index (κ3) is 4.25. The van der Waals surface area contributed by atoms with Gasteiger partial charge in [0.1, 0.15) is 11.2 Å². The predicted molar refractivity (Wildman–Crippen MR) is 243 cm³/mol. The van der Waals surface area contributed by atoms with Gasteiger partial charge in [0.2, 0.25) is 0 Å². The minimum absolute atomic E-state index is 0.571. The lowest BCUT2D eigenvalue weighted by atomic mass is 9.66. The number of furan rings is 1. The van der Waals surface area contributed by atoms with Crippen LogP contribution in [0.5, 0.6) is 0 Å². The molecule has 0 saturated heterocycles. The van der Waals surface area contributed by atoms with Crippen molar-refractivity contribution in [2.24, 2.45) is 0 Å². The van der Waals surface area contributed by atoms with Crippen molar-refractivity contribution < 1.29 is 4.42 Å². The van der Waals surface area contributed by atoms with Crippen LogP contribution < -0.4 is 0 Å². The summed E-state index contributed by atoms with van der Waals surface area (Å²) in [6.07, 6.45) is 0. The molecule has 0 saturated carbocycles. The summed E-state index contributed by atoms with van der Waals surface area (Å²) in [7, 11) is 0. The van der Waals surface area contributed by atoms with Crippen LogP contribution >= 0.6 is 0 Å². The van der Waals surface area contributed by atoms with Crippen molar-refractivity contribution in [2.75, 3.05) is 0 Å². The maximum atomic E-state index is 6.51. The van der Waals surface area contributed by atoms with E-state index in [4.69, 9.17) is 4.42 Å². The van der Waals surface area contributed by atoms with Crippen molar-refractivity contribution in [1.29, 1.82) is 0 Å². The van der Waals surface area contributed by atoms with Gasteiger partial charge >= 0.3 is 0 Å². The molecule has 0 N–H and O–H groups in total. The lowest BCUT2D eigenvalue weighted by Gasteiger charge is -2.35. The van der Waals surface area contributed by atoms with Crippen LogP contribution in [0.3, 0.4) is 0 Å². The highest BCUT2D eigenvalue weighted by atomic mass is 16.3. The van der Waals surface area contributed by atoms with Crippen LogP contribution in [-0.2, 0) is 5.41 Å². The summed E-state index contributed by atoms with van der Waals surface area (Å²) in [5, 5.41) is 12.6. The zero-order chi connectivity index (χ0) is 38.0. The summed E-state index contributed by atoms with van der Waals surface area (Å²) >= 11 is 0. The number of hydrogen-bond acceptors (Lipinski definition) is 1. The second kappa shape index (κ2) is 11.8. The van der Waals surface area contributed by atoms with E-state index >= 15 is 0 Å². The zero-order valence-corrected chi connectivity index (χ0v) is 31.5. The van der Waals surface area contributed by atoms with Crippen molar-refractivity contribution in [3.8, 4) is 33.4 Å². The van der Waals surface area contributed by atoms with Crippen molar-refractivity contribution >= 4 is 65.0 Å². The van der Waals surface area contributed by atoms with Gasteiger partial charge in [-0.3, -0.25) is 0 Å². The van der Waals surface area contributed by atoms with Gasteiger partial charge in [0, 0.05) is 10.8 Å². The molecule has 58 heavy (non-hydrogen) atoms. The summed E-state index contributed by atoms with van der Waals surface area (Å²) in [6.45, 7) is 0. The van der Waals surface area contributed by atoms with Crippen LogP contribution in [0.1, 0.15) is 22.3 Å². The maximum absolute atomic E-state index is 6.51. The number of hydrogen-bond donors (Lipinski definition) is 0. The molecule has 1 nitrogen and oxygen atoms in total. The summed E-state index contributed by atoms with van der Waals surface area (Å²) in [4.78, 5) is 0. The molecule has 1 heteroatoms. The SMILES string of the molecule is c1ccc(C2(c3ccccc3)c3ccccc3-c3c(-c4ccc5c(c4)oc4ccccc45)cc4ccc(-c5cc6ccc7cccc8ccc(c5)c6c78)cc4c32)cc1. The quantitative estimate of drug-likeness (QED) is 0.164. The fourth-order valence-electron chi connectivity index (χ4n) is 10.6. The minimum atomic E-state index is -0.571. The molecule has 0 radical (unpaired) electrons. The Morgan fingerprint density at radius 1 is 0.328 bits per heavy atom. The predicted octanol–water partition coefficient (Wildman–Crippen LogP) is 15.3. The zero-order valence-electron chi connectivity index (χ0n) is 31.5. The van der Waals surface area contributed by atoms with E-state index in [1.54, 1.807) is 0 Å². The lowest BCUT2D eigenvalue weighted by Crippen LogP contribution is -2.28. The Morgan fingerprint density at radius 2 is 0.931 bits per heavy atom. The molecular formula is C57H34O. The van der Waals surface area contributed by atoms with Crippen molar-refractivity contribution in [2.45, 2.75) is 5.41 Å². The van der Waals surface area contributed by atoms with Crippen LogP contribution in [0.15, 0.2) is 211 Å². The minimum Gasteiger partial charge on any atom is -0.456 e. The summed E-state index contributed by atoms with van der Waals surface area (Å²) in [5.41, 5.74) is 13.7. The lowest BCUT2D eigenvalue weighted by molar-refractivity contribution is 0.669. The van der Waals surface area contributed by atoms with Gasteiger partial charge in [0.25, 0.3) is 0 Å². The average Bonchev–Trinajstić information content (AvgIpc) is 3.82. The average molecular weight is 735 g/mol. The summed E-state index contributed by atoms with van der Waals surface area (Å²) < 4.78 is 6.51. The Labute approximate surface area is 335 Å². The van der Waals surface area contributed by atoms with E-state index in [9.17, 15) is 0 Å². The van der Waals surface area contributed by atoms with Gasteiger partial charge in [0.15, 0.2) is 0 Å². The van der Waals surface area contributed by atoms with Crippen molar-refractivity contribution in [1.82, 2.24) is 0 Å². The van der Waals surface area contributed by atoms with Gasteiger partial charge in [0.05, 0.1) is 5.41 Å². The highest BCUT2D eigenvalue weighted by Gasteiger charge is 2.48. The monoisotopic (exact) mass is 734 g/mol. The molecule has 0 amide bonds. The van der Waals surface area contributed by atoms with E-state index in [1.165, 1.54) is 93.2 Å². The van der Waals surface area contributed by atoms with Gasteiger partial charge in [-0.2, -0.15) is 0 Å². The van der Waals surface area contributed by atoms with Crippen LogP contribution in [0.2, 0.25) is 0 Å². The van der Waals surface area contributed by atoms with Gasteiger partial charge in [-0.1, -0.05) is 164 Å². The molecule has 0 bridgehead atoms. The molecule has 1 heterocycles. The maximum Gasteiger partial charge on any atom is 0.136 e. The molecule has 1 aromatic heterocycles. The van der Waals surface area contributed by atoms with Crippen LogP contribution in [0.4, 0.5) is 0 Å². The third-order valence-corrected chi connectivity index (χ3v) is 13.0. The van der Waals surface area contributed by atoms with Gasteiger partial charge < -0.3 is 4.42 Å². The molecule has 0 aliphatic heterocycles. The molecule has 0 fully saturated rings. The van der Waals surface area contributed by atoms with Crippen LogP contribution in [-0.4, -0.2) is 0 Å². The van der Waals surface area contributed by atoms with Gasteiger partial charge in [-0.15, -0.1) is 0 Å². The number of rotatable bonds is 4. The van der Waals surface area contributed by atoms with E-state index in [0.717, 1.165) is 27.5 Å². The Kier molecular flexibility index (Phi) is 6.43. The summed E-state index contributed by atoms with van der Waals surface area (Å²) in [5.74, 6) is 0. The number of benzene rings is 11. The topological polar surface area (TPSA) is 13.1 Å². The van der Waals surface area contributed by atoms with E-state index in [0.29, 0.717) is 0 Å². The molecule has 268 valence electrons. The number of fused-ring (bicyclic) bond motifs is 8. The second-order valence-electron chi connectivity index (χ2n) is 16.0. The van der Waals surface area contributed by atoms with E-state index in [2.05, 4.69) is 200 Å². The van der Waals surface area contributed by atoms with Crippen LogP contribution in [0.25, 0.3) is 98.4 Å². The fraction of sp³-hybridized carbons (Fsp3) is 0.0175. The molecule has 0 unspecified atom stereocenters. The third-order valence-electron chi connectivity index (χ3n) is 13.0. The first-order valence-corrected chi connectivity index (χ1v) is 20.2. The molecule has 1 aliphatic carbocycles. The normalized spacial score (nSPS) is 13.3. The largest absolute Gasteiger partial charge is 0.456 e. The highest BCUT2D eigenvalue weighted by Crippen LogP contribution is 2.60. The molecule has 11 aromatic carbocycles. The first kappa shape index (κ1) is 31.7. The van der Waals surface area contributed by atoms with Crippen molar-refractivity contribution in [3.05, 3.63) is 229 Å². The van der Waals surface area contributed by atoms with E-state index < -0.39 is 5.41 Å². The highest BCUT2D eigenvalue weighted by molar-refractivity contribution is 6.24. The van der Waals surface area contributed by atoms with Gasteiger partial charge in [-0.05, 0) is 141 Å². The Morgan fingerprint density at radius 3 is 1.69 bits per heavy atom. The Bertz CT molecular complexity index is 3510. The summed E-state index contributed by atoms with van der Waals surface area (Å²) in [6, 6.07) is 76.6. The molecule has 12 aromatic rings. The van der Waals surface area contributed by atoms with Crippen molar-refractivity contribution in [3.63, 3.8) is 0 Å². The standard InChI is InChI=1S/C57H34O/c1-3-14-43(15-4-1)57(44-16-5-2-6-17-44)50-20-9-7-19-47(50)55-48(39-28-29-46-45-18-8-10-21-51(45)58-52(46)34-39)33-38-25-24-37(32-49(38)56(55)57)42-30-40-26-22-35-12-11-13-36-23-27-41(31-42)54(40)53(35)36/h1-34H. The number of para-hydroxylation sites is 1. The second-order valence-corrected chi connectivity index (χ2v) is 16.0. The van der Waals surface area contributed by atoms with E-state index in [1.807, 2.05) is 6.07 Å². The smallest absolute Gasteiger partial charge is 0.136 e. The fourth-order valence-corrected chi connectivity index (χ4v) is 10.6. The first-order chi connectivity index (χ1) is 28.7. The molecule has 0 spiro atoms. The molecule has 0 atom stereocenters. The molecule has 1 aliphatic rings. The van der Waals surface area contributed by atoms with E-state index in [-0.39, 0.29) is 0 Å². The molecular weight excluding hydrogens is 701 g/mol. The first-order valence-electron chi connectivity index (χ1n) is 20.2. The Hall–Kier alpha value is -7.48. The van der Waals surface area contributed by atoms with Crippen LogP contribution in [0, 0.1) is 0 Å². The molecule has 13 rings (SSSR count). The Balaban J connectivity index is 1.15. The van der Waals surface area contributed by atoms with Gasteiger partial charge in [-0.25, -0.2) is 0 Å².